The van der Waals surface area contributed by atoms with E-state index in [4.69, 9.17) is 17.3 Å². The fourth-order valence-electron chi connectivity index (χ4n) is 1.39. The van der Waals surface area contributed by atoms with Gasteiger partial charge in [-0.15, -0.1) is 5.10 Å². The monoisotopic (exact) mass is 237 g/mol. The molecular formula is C10H12ClN5. The number of hydrogen-bond donors (Lipinski definition) is 3. The molecule has 1 heterocycles. The van der Waals surface area contributed by atoms with Gasteiger partial charge in [0.1, 0.15) is 0 Å². The summed E-state index contributed by atoms with van der Waals surface area (Å²) in [4.78, 5) is 3.97. The first-order chi connectivity index (χ1) is 7.65. The van der Waals surface area contributed by atoms with Crippen LogP contribution >= 0.6 is 11.6 Å². The number of nitrogens with one attached hydrogen (secondary N) is 2. The van der Waals surface area contributed by atoms with Crippen molar-refractivity contribution < 1.29 is 0 Å². The average Bonchev–Trinajstić information content (AvgIpc) is 2.64. The first-order valence-electron chi connectivity index (χ1n) is 4.85. The SMILES string of the molecule is C[C@@H](Nc1n[nH]c(N)n1)c1cccc(Cl)c1. The lowest BCUT2D eigenvalue weighted by Crippen LogP contribution is -2.07. The van der Waals surface area contributed by atoms with Crippen LogP contribution < -0.4 is 11.1 Å². The molecule has 0 amide bonds. The molecule has 0 saturated carbocycles. The topological polar surface area (TPSA) is 79.6 Å². The normalized spacial score (nSPS) is 12.4. The molecule has 1 atom stereocenters. The number of rotatable bonds is 3. The van der Waals surface area contributed by atoms with Gasteiger partial charge in [-0.1, -0.05) is 23.7 Å². The Bertz CT molecular complexity index is 482. The number of nitrogens with two attached hydrogens (primary N) is 1. The molecule has 16 heavy (non-hydrogen) atoms. The Hall–Kier alpha value is -1.75. The van der Waals surface area contributed by atoms with Crippen molar-refractivity contribution in [1.82, 2.24) is 15.2 Å². The zero-order valence-corrected chi connectivity index (χ0v) is 9.49. The van der Waals surface area contributed by atoms with Crippen molar-refractivity contribution >= 4 is 23.5 Å². The van der Waals surface area contributed by atoms with Gasteiger partial charge >= 0.3 is 0 Å². The zero-order valence-electron chi connectivity index (χ0n) is 8.74. The van der Waals surface area contributed by atoms with Gasteiger partial charge < -0.3 is 11.1 Å². The molecule has 0 aliphatic heterocycles. The van der Waals surface area contributed by atoms with Crippen LogP contribution in [0.1, 0.15) is 18.5 Å². The van der Waals surface area contributed by atoms with E-state index in [-0.39, 0.29) is 6.04 Å². The summed E-state index contributed by atoms with van der Waals surface area (Å²) in [6.07, 6.45) is 0. The molecular weight excluding hydrogens is 226 g/mol. The Morgan fingerprint density at radius 2 is 2.31 bits per heavy atom. The van der Waals surface area contributed by atoms with Gasteiger partial charge in [0.15, 0.2) is 0 Å². The van der Waals surface area contributed by atoms with Crippen LogP contribution in [0.4, 0.5) is 11.9 Å². The summed E-state index contributed by atoms with van der Waals surface area (Å²) in [5.41, 5.74) is 6.49. The minimum absolute atomic E-state index is 0.0638. The number of aromatic nitrogens is 3. The van der Waals surface area contributed by atoms with E-state index in [0.717, 1.165) is 5.56 Å². The largest absolute Gasteiger partial charge is 0.368 e. The van der Waals surface area contributed by atoms with Crippen molar-refractivity contribution in [2.45, 2.75) is 13.0 Å². The highest BCUT2D eigenvalue weighted by Crippen LogP contribution is 2.20. The van der Waals surface area contributed by atoms with E-state index in [2.05, 4.69) is 20.5 Å². The fraction of sp³-hybridized carbons (Fsp3) is 0.200. The molecule has 0 aliphatic rings. The van der Waals surface area contributed by atoms with Gasteiger partial charge in [0, 0.05) is 5.02 Å². The molecule has 2 aromatic rings. The van der Waals surface area contributed by atoms with Crippen molar-refractivity contribution in [1.29, 1.82) is 0 Å². The number of nitrogens with zero attached hydrogens (tertiary/aromatic N) is 2. The van der Waals surface area contributed by atoms with Crippen LogP contribution in [0.2, 0.25) is 5.02 Å². The Balaban J connectivity index is 2.11. The summed E-state index contributed by atoms with van der Waals surface area (Å²) in [6, 6.07) is 7.69. The van der Waals surface area contributed by atoms with E-state index in [1.54, 1.807) is 0 Å². The van der Waals surface area contributed by atoms with E-state index in [1.807, 2.05) is 31.2 Å². The van der Waals surface area contributed by atoms with Crippen LogP contribution in [0.5, 0.6) is 0 Å². The molecule has 0 aliphatic carbocycles. The summed E-state index contributed by atoms with van der Waals surface area (Å²) in [6.45, 7) is 2.00. The molecule has 0 saturated heterocycles. The van der Waals surface area contributed by atoms with Gasteiger partial charge in [0.05, 0.1) is 6.04 Å². The molecule has 0 radical (unpaired) electrons. The second-order valence-electron chi connectivity index (χ2n) is 3.47. The van der Waals surface area contributed by atoms with Crippen molar-refractivity contribution in [3.63, 3.8) is 0 Å². The minimum Gasteiger partial charge on any atom is -0.368 e. The molecule has 0 spiro atoms. The van der Waals surface area contributed by atoms with Crippen molar-refractivity contribution in [3.8, 4) is 0 Å². The number of nitrogen functional groups attached to an aromatic ring is 1. The van der Waals surface area contributed by atoms with E-state index in [9.17, 15) is 0 Å². The smallest absolute Gasteiger partial charge is 0.244 e. The van der Waals surface area contributed by atoms with Crippen LogP contribution in [-0.4, -0.2) is 15.2 Å². The number of anilines is 2. The summed E-state index contributed by atoms with van der Waals surface area (Å²) >= 11 is 5.91. The van der Waals surface area contributed by atoms with Crippen LogP contribution in [0.15, 0.2) is 24.3 Å². The number of halogens is 1. The molecule has 84 valence electrons. The molecule has 0 bridgehead atoms. The van der Waals surface area contributed by atoms with E-state index < -0.39 is 0 Å². The molecule has 1 aromatic carbocycles. The van der Waals surface area contributed by atoms with Crippen LogP contribution in [0.25, 0.3) is 0 Å². The standard InChI is InChI=1S/C10H12ClN5/c1-6(7-3-2-4-8(11)5-7)13-10-14-9(12)15-16-10/h2-6H,1H3,(H4,12,13,14,15,16)/t6-/m1/s1. The first-order valence-corrected chi connectivity index (χ1v) is 5.23. The predicted octanol–water partition coefficient (Wildman–Crippen LogP) is 2.21. The summed E-state index contributed by atoms with van der Waals surface area (Å²) in [7, 11) is 0. The summed E-state index contributed by atoms with van der Waals surface area (Å²) in [5, 5.41) is 10.3. The van der Waals surface area contributed by atoms with E-state index in [1.165, 1.54) is 0 Å². The third-order valence-corrected chi connectivity index (χ3v) is 2.43. The number of hydrogen-bond acceptors (Lipinski definition) is 4. The average molecular weight is 238 g/mol. The third-order valence-electron chi connectivity index (χ3n) is 2.20. The van der Waals surface area contributed by atoms with Gasteiger partial charge in [0.2, 0.25) is 11.9 Å². The molecule has 6 heteroatoms. The van der Waals surface area contributed by atoms with Gasteiger partial charge in [-0.25, -0.2) is 5.10 Å². The lowest BCUT2D eigenvalue weighted by atomic mass is 10.1. The highest BCUT2D eigenvalue weighted by molar-refractivity contribution is 6.30. The maximum atomic E-state index is 5.91. The van der Waals surface area contributed by atoms with E-state index >= 15 is 0 Å². The van der Waals surface area contributed by atoms with Crippen molar-refractivity contribution in [3.05, 3.63) is 34.9 Å². The Labute approximate surface area is 98.0 Å². The number of aromatic amines is 1. The first kappa shape index (κ1) is 10.8. The molecule has 2 rings (SSSR count). The predicted molar refractivity (Wildman–Crippen MR) is 64.3 cm³/mol. The fourth-order valence-corrected chi connectivity index (χ4v) is 1.59. The summed E-state index contributed by atoms with van der Waals surface area (Å²) in [5.74, 6) is 0.769. The van der Waals surface area contributed by atoms with Gasteiger partial charge in [-0.2, -0.15) is 4.98 Å². The molecule has 5 nitrogen and oxygen atoms in total. The van der Waals surface area contributed by atoms with Crippen LogP contribution in [0.3, 0.4) is 0 Å². The highest BCUT2D eigenvalue weighted by atomic mass is 35.5. The Morgan fingerprint density at radius 3 is 2.94 bits per heavy atom. The number of benzene rings is 1. The van der Waals surface area contributed by atoms with E-state index in [0.29, 0.717) is 16.9 Å². The van der Waals surface area contributed by atoms with Crippen LogP contribution in [-0.2, 0) is 0 Å². The number of H-pyrrole nitrogens is 1. The van der Waals surface area contributed by atoms with Gasteiger partial charge in [-0.3, -0.25) is 0 Å². The molecule has 4 N–H and O–H groups in total. The quantitative estimate of drug-likeness (QED) is 0.765. The maximum absolute atomic E-state index is 5.91. The van der Waals surface area contributed by atoms with Crippen LogP contribution in [0, 0.1) is 0 Å². The summed E-state index contributed by atoms with van der Waals surface area (Å²) < 4.78 is 0. The second-order valence-corrected chi connectivity index (χ2v) is 3.90. The lowest BCUT2D eigenvalue weighted by molar-refractivity contribution is 0.862. The molecule has 0 fully saturated rings. The van der Waals surface area contributed by atoms with Gasteiger partial charge in [-0.05, 0) is 24.6 Å². The Kier molecular flexibility index (Phi) is 2.96. The third kappa shape index (κ3) is 2.43. The molecule has 0 unspecified atom stereocenters. The van der Waals surface area contributed by atoms with Gasteiger partial charge in [0.25, 0.3) is 0 Å². The Morgan fingerprint density at radius 1 is 1.50 bits per heavy atom. The lowest BCUT2D eigenvalue weighted by Gasteiger charge is -2.12. The minimum atomic E-state index is 0.0638. The zero-order chi connectivity index (χ0) is 11.5. The second kappa shape index (κ2) is 4.40. The van der Waals surface area contributed by atoms with Crippen molar-refractivity contribution in [2.75, 3.05) is 11.1 Å². The highest BCUT2D eigenvalue weighted by Gasteiger charge is 2.08. The maximum Gasteiger partial charge on any atom is 0.244 e. The van der Waals surface area contributed by atoms with Crippen molar-refractivity contribution in [2.24, 2.45) is 0 Å². The molecule has 1 aromatic heterocycles.